The van der Waals surface area contributed by atoms with Crippen LogP contribution in [0, 0.1) is 0 Å². The third kappa shape index (κ3) is 4.80. The van der Waals surface area contributed by atoms with Crippen molar-refractivity contribution in [1.29, 1.82) is 0 Å². The number of likely N-dealkylation sites (N-methyl/N-ethyl adjacent to an activating group) is 1. The highest BCUT2D eigenvalue weighted by Gasteiger charge is 2.18. The molecule has 0 fully saturated rings. The van der Waals surface area contributed by atoms with Gasteiger partial charge in [0.1, 0.15) is 6.16 Å². The van der Waals surface area contributed by atoms with E-state index in [9.17, 15) is 4.89 Å². The lowest BCUT2D eigenvalue weighted by atomic mass is 10.5. The summed E-state index contributed by atoms with van der Waals surface area (Å²) in [7, 11) is 4.59. The molecule has 0 aliphatic heterocycles. The Bertz CT molecular complexity index is 175. The molecule has 72 valence electrons. The Kier molecular flexibility index (Phi) is 4.90. The highest BCUT2D eigenvalue weighted by molar-refractivity contribution is 7.51. The number of nitrogens with zero attached hydrogens (tertiary/aromatic N) is 1. The predicted molar refractivity (Wildman–Crippen MR) is 50.6 cm³/mol. The number of hydrogen-bond donors (Lipinski definition) is 1. The van der Waals surface area contributed by atoms with Crippen LogP contribution in [0.5, 0.6) is 0 Å². The zero-order valence-corrected chi connectivity index (χ0v) is 9.10. The fraction of sp³-hybridized carbons (Fsp3) is 0.857. The number of rotatable bonds is 4. The van der Waals surface area contributed by atoms with Crippen molar-refractivity contribution < 1.29 is 14.2 Å². The first-order chi connectivity index (χ1) is 5.40. The third-order valence-electron chi connectivity index (χ3n) is 1.31. The van der Waals surface area contributed by atoms with E-state index in [0.717, 1.165) is 0 Å². The summed E-state index contributed by atoms with van der Waals surface area (Å²) in [5.41, 5.74) is 0.500. The zero-order chi connectivity index (χ0) is 9.78. The molecule has 0 aromatic rings. The standard InChI is InChI=1S/C7H18N2O2P/c1-5-12(10)7(11-8)6-9(2,3)4/h5-6,8H2,1-4H3/q+1. The molecule has 0 rings (SSSR count). The third-order valence-corrected chi connectivity index (χ3v) is 2.69. The average Bonchev–Trinajstić information content (AvgIpc) is 1.97. The lowest BCUT2D eigenvalue weighted by molar-refractivity contribution is -0.861. The quantitative estimate of drug-likeness (QED) is 0.371. The molecule has 0 heterocycles. The molecule has 0 bridgehead atoms. The molecule has 1 unspecified atom stereocenters. The zero-order valence-electron chi connectivity index (χ0n) is 8.20. The summed E-state index contributed by atoms with van der Waals surface area (Å²) in [5.74, 6) is 5.03. The summed E-state index contributed by atoms with van der Waals surface area (Å²) in [4.78, 5) is 15.9. The second-order valence-electron chi connectivity index (χ2n) is 3.65. The SMILES string of the molecule is CC/[P+]([O-])=C(/C[N+](C)(C)C)ON. The van der Waals surface area contributed by atoms with Crippen molar-refractivity contribution in [3.8, 4) is 0 Å². The second kappa shape index (κ2) is 4.90. The van der Waals surface area contributed by atoms with Crippen LogP contribution in [0.3, 0.4) is 0 Å². The van der Waals surface area contributed by atoms with Crippen molar-refractivity contribution in [3.63, 3.8) is 0 Å². The van der Waals surface area contributed by atoms with E-state index in [4.69, 9.17) is 5.90 Å². The van der Waals surface area contributed by atoms with Gasteiger partial charge in [0.15, 0.2) is 6.54 Å². The van der Waals surface area contributed by atoms with E-state index in [1.54, 1.807) is 0 Å². The summed E-state index contributed by atoms with van der Waals surface area (Å²) in [6.07, 6.45) is 0.585. The monoisotopic (exact) mass is 193 g/mol. The maximum Gasteiger partial charge on any atom is 0.293 e. The van der Waals surface area contributed by atoms with E-state index >= 15 is 0 Å². The lowest BCUT2D eigenvalue weighted by Gasteiger charge is -2.22. The minimum absolute atomic E-state index is 0.500. The molecule has 12 heavy (non-hydrogen) atoms. The number of nitrogens with two attached hydrogens (primary N) is 1. The van der Waals surface area contributed by atoms with Gasteiger partial charge in [0, 0.05) is 0 Å². The maximum atomic E-state index is 11.3. The average molecular weight is 193 g/mol. The van der Waals surface area contributed by atoms with Gasteiger partial charge in [0.05, 0.1) is 28.9 Å². The van der Waals surface area contributed by atoms with Crippen LogP contribution in [0.2, 0.25) is 0 Å². The van der Waals surface area contributed by atoms with Crippen LogP contribution in [0.15, 0.2) is 0 Å². The Morgan fingerprint density at radius 1 is 1.50 bits per heavy atom. The predicted octanol–water partition coefficient (Wildman–Crippen LogP) is -0.510. The van der Waals surface area contributed by atoms with Crippen molar-refractivity contribution in [1.82, 2.24) is 0 Å². The Balaban J connectivity index is 4.38. The molecule has 0 radical (unpaired) electrons. The van der Waals surface area contributed by atoms with Gasteiger partial charge in [0.2, 0.25) is 0 Å². The Hall–Kier alpha value is 0.0100. The Morgan fingerprint density at radius 3 is 2.25 bits per heavy atom. The van der Waals surface area contributed by atoms with Gasteiger partial charge in [-0.15, -0.1) is 0 Å². The Labute approximate surface area is 74.9 Å². The molecular weight excluding hydrogens is 175 g/mol. The minimum Gasteiger partial charge on any atom is -0.628 e. The van der Waals surface area contributed by atoms with Crippen molar-refractivity contribution >= 4 is 13.3 Å². The van der Waals surface area contributed by atoms with E-state index in [1.807, 2.05) is 28.1 Å². The van der Waals surface area contributed by atoms with E-state index < -0.39 is 7.77 Å². The maximum absolute atomic E-state index is 11.3. The van der Waals surface area contributed by atoms with Crippen molar-refractivity contribution in [2.45, 2.75) is 6.92 Å². The second-order valence-corrected chi connectivity index (χ2v) is 5.54. The molecule has 4 nitrogen and oxygen atoms in total. The van der Waals surface area contributed by atoms with Gasteiger partial charge >= 0.3 is 0 Å². The van der Waals surface area contributed by atoms with E-state index in [1.165, 1.54) is 0 Å². The van der Waals surface area contributed by atoms with Crippen LogP contribution in [-0.2, 0) is 4.84 Å². The lowest BCUT2D eigenvalue weighted by Crippen LogP contribution is -2.41. The molecular formula is C7H18N2O2P+. The van der Waals surface area contributed by atoms with Crippen molar-refractivity contribution in [2.24, 2.45) is 5.90 Å². The normalized spacial score (nSPS) is 14.5. The molecule has 0 aliphatic carbocycles. The molecule has 0 aromatic heterocycles. The van der Waals surface area contributed by atoms with Crippen LogP contribution >= 0.6 is 7.77 Å². The van der Waals surface area contributed by atoms with Gasteiger partial charge in [-0.1, -0.05) is 0 Å². The molecule has 0 spiro atoms. The number of quaternary nitrogens is 1. The molecule has 0 saturated heterocycles. The van der Waals surface area contributed by atoms with Crippen molar-refractivity contribution in [2.75, 3.05) is 33.8 Å². The van der Waals surface area contributed by atoms with Crippen molar-refractivity contribution in [3.05, 3.63) is 0 Å². The molecule has 0 aromatic carbocycles. The van der Waals surface area contributed by atoms with Gasteiger partial charge in [-0.3, -0.25) is 0 Å². The highest BCUT2D eigenvalue weighted by atomic mass is 31.1. The van der Waals surface area contributed by atoms with E-state index in [0.29, 0.717) is 22.7 Å². The largest absolute Gasteiger partial charge is 0.628 e. The summed E-state index contributed by atoms with van der Waals surface area (Å²) in [6.45, 7) is 2.45. The first-order valence-corrected chi connectivity index (χ1v) is 5.33. The van der Waals surface area contributed by atoms with Crippen LogP contribution in [0.25, 0.3) is 0 Å². The smallest absolute Gasteiger partial charge is 0.293 e. The molecule has 1 atom stereocenters. The summed E-state index contributed by atoms with van der Waals surface area (Å²) < 4.78 is 0.674. The van der Waals surface area contributed by atoms with Gasteiger partial charge in [-0.25, -0.2) is 10.7 Å². The van der Waals surface area contributed by atoms with Gasteiger partial charge in [-0.05, 0) is 6.92 Å². The van der Waals surface area contributed by atoms with E-state index in [-0.39, 0.29) is 0 Å². The van der Waals surface area contributed by atoms with Gasteiger partial charge < -0.3 is 9.38 Å². The fourth-order valence-electron chi connectivity index (χ4n) is 0.757. The van der Waals surface area contributed by atoms with Gasteiger partial charge in [-0.2, -0.15) is 0 Å². The van der Waals surface area contributed by atoms with Crippen LogP contribution in [0.4, 0.5) is 0 Å². The first-order valence-electron chi connectivity index (χ1n) is 3.88. The highest BCUT2D eigenvalue weighted by Crippen LogP contribution is 2.13. The summed E-state index contributed by atoms with van der Waals surface area (Å²) in [5, 5.41) is 0. The molecule has 0 aliphatic rings. The first kappa shape index (κ1) is 12.0. The summed E-state index contributed by atoms with van der Waals surface area (Å²) in [6, 6.07) is 0. The van der Waals surface area contributed by atoms with E-state index in [2.05, 4.69) is 4.84 Å². The molecule has 5 heteroatoms. The molecule has 0 amide bonds. The number of hydrogen-bond acceptors (Lipinski definition) is 3. The molecule has 0 saturated carbocycles. The van der Waals surface area contributed by atoms with Crippen LogP contribution < -0.4 is 10.8 Å². The van der Waals surface area contributed by atoms with Crippen LogP contribution in [-0.4, -0.2) is 43.8 Å². The Morgan fingerprint density at radius 2 is 2.00 bits per heavy atom. The van der Waals surface area contributed by atoms with Crippen LogP contribution in [0.1, 0.15) is 6.92 Å². The summed E-state index contributed by atoms with van der Waals surface area (Å²) >= 11 is 0. The minimum atomic E-state index is -1.40. The topological polar surface area (TPSA) is 58.3 Å². The molecule has 2 N–H and O–H groups in total. The fourth-order valence-corrected chi connectivity index (χ4v) is 1.81. The van der Waals surface area contributed by atoms with Gasteiger partial charge in [0.25, 0.3) is 5.48 Å².